The fourth-order valence-electron chi connectivity index (χ4n) is 2.80. The van der Waals surface area contributed by atoms with E-state index in [-0.39, 0.29) is 11.5 Å². The topological polar surface area (TPSA) is 45.2 Å². The summed E-state index contributed by atoms with van der Waals surface area (Å²) in [5.41, 5.74) is 1.29. The Morgan fingerprint density at radius 2 is 2.10 bits per heavy atom. The zero-order valence-electron chi connectivity index (χ0n) is 13.4. The maximum atomic E-state index is 9.58. The summed E-state index contributed by atoms with van der Waals surface area (Å²) in [6.45, 7) is 12.0. The zero-order chi connectivity index (χ0) is 14.9. The summed E-state index contributed by atoms with van der Waals surface area (Å²) >= 11 is 1.83. The van der Waals surface area contributed by atoms with Crippen molar-refractivity contribution in [1.82, 2.24) is 10.3 Å². The molecule has 4 heteroatoms. The van der Waals surface area contributed by atoms with Gasteiger partial charge in [0.1, 0.15) is 0 Å². The third-order valence-electron chi connectivity index (χ3n) is 4.09. The van der Waals surface area contributed by atoms with E-state index in [1.807, 2.05) is 11.3 Å². The SMILES string of the molecule is Cc1nc(C(C)(C)C)sc1C(C)NCC1CCC(O)C1. The predicted molar refractivity (Wildman–Crippen MR) is 85.3 cm³/mol. The molecule has 114 valence electrons. The Labute approximate surface area is 126 Å². The van der Waals surface area contributed by atoms with E-state index in [1.54, 1.807) is 0 Å². The summed E-state index contributed by atoms with van der Waals surface area (Å²) in [4.78, 5) is 6.09. The van der Waals surface area contributed by atoms with E-state index in [2.05, 4.69) is 39.9 Å². The van der Waals surface area contributed by atoms with Crippen molar-refractivity contribution in [2.75, 3.05) is 6.54 Å². The summed E-state index contributed by atoms with van der Waals surface area (Å²) in [7, 11) is 0. The van der Waals surface area contributed by atoms with Crippen LogP contribution in [0.3, 0.4) is 0 Å². The van der Waals surface area contributed by atoms with Gasteiger partial charge >= 0.3 is 0 Å². The number of aliphatic hydroxyl groups excluding tert-OH is 1. The average Bonchev–Trinajstić information content (AvgIpc) is 2.92. The summed E-state index contributed by atoms with van der Waals surface area (Å²) in [6, 6.07) is 0.348. The maximum Gasteiger partial charge on any atom is 0.0985 e. The van der Waals surface area contributed by atoms with E-state index in [1.165, 1.54) is 9.88 Å². The molecular formula is C16H28N2OS. The number of hydrogen-bond donors (Lipinski definition) is 2. The highest BCUT2D eigenvalue weighted by molar-refractivity contribution is 7.12. The Hall–Kier alpha value is -0.450. The van der Waals surface area contributed by atoms with Crippen molar-refractivity contribution in [1.29, 1.82) is 0 Å². The van der Waals surface area contributed by atoms with E-state index in [0.29, 0.717) is 12.0 Å². The minimum absolute atomic E-state index is 0.0743. The van der Waals surface area contributed by atoms with Gasteiger partial charge in [0.05, 0.1) is 16.8 Å². The molecule has 0 amide bonds. The zero-order valence-corrected chi connectivity index (χ0v) is 14.2. The van der Waals surface area contributed by atoms with Gasteiger partial charge in [0.15, 0.2) is 0 Å². The number of nitrogens with zero attached hydrogens (tertiary/aromatic N) is 1. The second kappa shape index (κ2) is 6.12. The van der Waals surface area contributed by atoms with Crippen molar-refractivity contribution < 1.29 is 5.11 Å². The van der Waals surface area contributed by atoms with Crippen molar-refractivity contribution >= 4 is 11.3 Å². The Morgan fingerprint density at radius 3 is 2.60 bits per heavy atom. The normalized spacial score (nSPS) is 25.1. The summed E-state index contributed by atoms with van der Waals surface area (Å²) in [6.07, 6.45) is 2.99. The second-order valence-corrected chi connectivity index (χ2v) is 8.21. The van der Waals surface area contributed by atoms with Gasteiger partial charge in [0, 0.05) is 16.3 Å². The molecule has 2 rings (SSSR count). The molecule has 0 radical (unpaired) electrons. The van der Waals surface area contributed by atoms with Gasteiger partial charge in [-0.3, -0.25) is 0 Å². The minimum atomic E-state index is -0.0743. The molecule has 1 heterocycles. The van der Waals surface area contributed by atoms with Crippen LogP contribution < -0.4 is 5.32 Å². The lowest BCUT2D eigenvalue weighted by Gasteiger charge is -2.17. The quantitative estimate of drug-likeness (QED) is 0.893. The smallest absolute Gasteiger partial charge is 0.0985 e. The fraction of sp³-hybridized carbons (Fsp3) is 0.812. The number of rotatable bonds is 4. The molecule has 2 N–H and O–H groups in total. The van der Waals surface area contributed by atoms with Gasteiger partial charge in [-0.2, -0.15) is 0 Å². The van der Waals surface area contributed by atoms with Crippen molar-refractivity contribution in [2.45, 2.75) is 71.4 Å². The molecule has 3 nitrogen and oxygen atoms in total. The maximum absolute atomic E-state index is 9.58. The van der Waals surface area contributed by atoms with Crippen molar-refractivity contribution in [3.05, 3.63) is 15.6 Å². The molecule has 1 aromatic rings. The van der Waals surface area contributed by atoms with Crippen LogP contribution in [-0.4, -0.2) is 22.7 Å². The van der Waals surface area contributed by atoms with Gasteiger partial charge in [-0.1, -0.05) is 20.8 Å². The van der Waals surface area contributed by atoms with Crippen molar-refractivity contribution in [3.8, 4) is 0 Å². The first-order chi connectivity index (χ1) is 9.27. The predicted octanol–water partition coefficient (Wildman–Crippen LogP) is 3.56. The summed E-state index contributed by atoms with van der Waals surface area (Å²) in [5.74, 6) is 0.628. The van der Waals surface area contributed by atoms with Crippen LogP contribution >= 0.6 is 11.3 Å². The Kier molecular flexibility index (Phi) is 4.88. The van der Waals surface area contributed by atoms with Crippen LogP contribution in [0.2, 0.25) is 0 Å². The molecule has 1 saturated carbocycles. The van der Waals surface area contributed by atoms with Gasteiger partial charge < -0.3 is 10.4 Å². The second-order valence-electron chi connectivity index (χ2n) is 7.18. The highest BCUT2D eigenvalue weighted by Gasteiger charge is 2.25. The number of aliphatic hydroxyl groups is 1. The molecule has 1 fully saturated rings. The number of nitrogens with one attached hydrogen (secondary N) is 1. The van der Waals surface area contributed by atoms with Gasteiger partial charge in [0.25, 0.3) is 0 Å². The molecule has 0 aromatic carbocycles. The van der Waals surface area contributed by atoms with E-state index in [0.717, 1.165) is 31.5 Å². The van der Waals surface area contributed by atoms with Gasteiger partial charge in [-0.05, 0) is 45.6 Å². The number of aromatic nitrogens is 1. The van der Waals surface area contributed by atoms with E-state index < -0.39 is 0 Å². The van der Waals surface area contributed by atoms with Crippen LogP contribution in [-0.2, 0) is 5.41 Å². The highest BCUT2D eigenvalue weighted by atomic mass is 32.1. The van der Waals surface area contributed by atoms with Crippen LogP contribution in [0.5, 0.6) is 0 Å². The number of hydrogen-bond acceptors (Lipinski definition) is 4. The molecule has 20 heavy (non-hydrogen) atoms. The standard InChI is InChI=1S/C16H28N2OS/c1-10(17-9-12-6-7-13(19)8-12)14-11(2)18-15(20-14)16(3,4)5/h10,12-13,17,19H,6-9H2,1-5H3. The fourth-order valence-corrected chi connectivity index (χ4v) is 3.95. The molecule has 3 atom stereocenters. The average molecular weight is 296 g/mol. The third kappa shape index (κ3) is 3.80. The third-order valence-corrected chi connectivity index (χ3v) is 5.86. The van der Waals surface area contributed by atoms with E-state index in [9.17, 15) is 5.11 Å². The first kappa shape index (κ1) is 15.9. The molecule has 0 spiro atoms. The Morgan fingerprint density at radius 1 is 1.40 bits per heavy atom. The monoisotopic (exact) mass is 296 g/mol. The molecule has 0 saturated heterocycles. The largest absolute Gasteiger partial charge is 0.393 e. The lowest BCUT2D eigenvalue weighted by Crippen LogP contribution is -2.24. The van der Waals surface area contributed by atoms with Crippen LogP contribution in [0.1, 0.15) is 68.6 Å². The highest BCUT2D eigenvalue weighted by Crippen LogP contribution is 2.33. The summed E-state index contributed by atoms with van der Waals surface area (Å²) < 4.78 is 0. The van der Waals surface area contributed by atoms with E-state index in [4.69, 9.17) is 4.98 Å². The Bertz CT molecular complexity index is 450. The van der Waals surface area contributed by atoms with Gasteiger partial charge in [-0.15, -0.1) is 11.3 Å². The molecule has 1 aliphatic rings. The van der Waals surface area contributed by atoms with Crippen molar-refractivity contribution in [3.63, 3.8) is 0 Å². The molecule has 3 unspecified atom stereocenters. The molecule has 0 bridgehead atoms. The van der Waals surface area contributed by atoms with Crippen LogP contribution in [0, 0.1) is 12.8 Å². The van der Waals surface area contributed by atoms with Crippen LogP contribution in [0.25, 0.3) is 0 Å². The van der Waals surface area contributed by atoms with Crippen LogP contribution in [0.4, 0.5) is 0 Å². The van der Waals surface area contributed by atoms with Crippen LogP contribution in [0.15, 0.2) is 0 Å². The number of thiazole rings is 1. The molecule has 1 aromatic heterocycles. The lowest BCUT2D eigenvalue weighted by atomic mass is 9.98. The molecule has 0 aliphatic heterocycles. The first-order valence-corrected chi connectivity index (χ1v) is 8.48. The first-order valence-electron chi connectivity index (χ1n) is 7.66. The molecular weight excluding hydrogens is 268 g/mol. The number of aryl methyl sites for hydroxylation is 1. The van der Waals surface area contributed by atoms with Crippen molar-refractivity contribution in [2.24, 2.45) is 5.92 Å². The summed E-state index contributed by atoms with van der Waals surface area (Å²) in [5, 5.41) is 14.4. The Balaban J connectivity index is 1.95. The van der Waals surface area contributed by atoms with Gasteiger partial charge in [0.2, 0.25) is 0 Å². The lowest BCUT2D eigenvalue weighted by molar-refractivity contribution is 0.177. The minimum Gasteiger partial charge on any atom is -0.393 e. The molecule has 1 aliphatic carbocycles. The van der Waals surface area contributed by atoms with E-state index >= 15 is 0 Å². The van der Waals surface area contributed by atoms with Gasteiger partial charge in [-0.25, -0.2) is 4.98 Å².